The van der Waals surface area contributed by atoms with Gasteiger partial charge in [0.05, 0.1) is 0 Å². The molecule has 0 aliphatic heterocycles. The highest BCUT2D eigenvalue weighted by Crippen LogP contribution is 2.22. The van der Waals surface area contributed by atoms with E-state index in [4.69, 9.17) is 5.73 Å². The van der Waals surface area contributed by atoms with Crippen molar-refractivity contribution < 1.29 is 0 Å². The third-order valence-electron chi connectivity index (χ3n) is 3.58. The van der Waals surface area contributed by atoms with E-state index in [-0.39, 0.29) is 0 Å². The molecule has 1 aromatic carbocycles. The van der Waals surface area contributed by atoms with Gasteiger partial charge in [0, 0.05) is 12.0 Å². The number of nitrogens with two attached hydrogens (primary N) is 1. The third-order valence-corrected chi connectivity index (χ3v) is 4.53. The quantitative estimate of drug-likeness (QED) is 0.760. The van der Waals surface area contributed by atoms with Crippen LogP contribution in [0.15, 0.2) is 30.3 Å². The number of aryl methyl sites for hydroxylation is 1. The van der Waals surface area contributed by atoms with Gasteiger partial charge in [-0.15, -0.1) is 10.2 Å². The fraction of sp³-hybridized carbons (Fsp3) is 0.400. The van der Waals surface area contributed by atoms with Gasteiger partial charge in [-0.25, -0.2) is 0 Å². The number of benzene rings is 1. The Bertz CT molecular complexity index is 703. The predicted octanol–water partition coefficient (Wildman–Crippen LogP) is 2.77. The molecule has 0 amide bonds. The molecule has 5 nitrogen and oxygen atoms in total. The van der Waals surface area contributed by atoms with Crippen LogP contribution < -0.4 is 5.73 Å². The van der Waals surface area contributed by atoms with Crippen molar-refractivity contribution in [1.82, 2.24) is 19.8 Å². The zero-order valence-corrected chi connectivity index (χ0v) is 12.9. The second-order valence-corrected chi connectivity index (χ2v) is 6.34. The molecule has 0 fully saturated rings. The van der Waals surface area contributed by atoms with Gasteiger partial charge in [-0.05, 0) is 25.3 Å². The molecule has 3 aromatic rings. The van der Waals surface area contributed by atoms with Gasteiger partial charge in [-0.2, -0.15) is 9.61 Å². The summed E-state index contributed by atoms with van der Waals surface area (Å²) in [6, 6.07) is 10.0. The molecule has 0 aliphatic rings. The first kappa shape index (κ1) is 14.2. The van der Waals surface area contributed by atoms with E-state index in [2.05, 4.69) is 22.2 Å². The standard InChI is InChI=1S/C15H19N5S/c1-11(9-10-16)7-8-13-19-20-14(17-18-15(20)21-13)12-5-3-2-4-6-12/h2-6,11H,7-10,16H2,1H3. The summed E-state index contributed by atoms with van der Waals surface area (Å²) in [5.74, 6) is 1.45. The number of hydrogen-bond acceptors (Lipinski definition) is 5. The average Bonchev–Trinajstić information content (AvgIpc) is 3.06. The van der Waals surface area contributed by atoms with Crippen molar-refractivity contribution in [2.75, 3.05) is 6.54 Å². The van der Waals surface area contributed by atoms with E-state index in [9.17, 15) is 0 Å². The number of nitrogens with zero attached hydrogens (tertiary/aromatic N) is 4. The van der Waals surface area contributed by atoms with Crippen molar-refractivity contribution in [2.45, 2.75) is 26.2 Å². The van der Waals surface area contributed by atoms with E-state index in [0.29, 0.717) is 5.92 Å². The van der Waals surface area contributed by atoms with Crippen LogP contribution >= 0.6 is 11.3 Å². The topological polar surface area (TPSA) is 69.1 Å². The molecule has 6 heteroatoms. The minimum atomic E-state index is 0.637. The molecule has 0 spiro atoms. The molecule has 1 atom stereocenters. The second kappa shape index (κ2) is 6.32. The fourth-order valence-electron chi connectivity index (χ4n) is 2.32. The lowest BCUT2D eigenvalue weighted by Gasteiger charge is -2.07. The van der Waals surface area contributed by atoms with E-state index in [1.54, 1.807) is 11.3 Å². The Labute approximate surface area is 127 Å². The lowest BCUT2D eigenvalue weighted by atomic mass is 10.0. The first-order valence-corrected chi connectivity index (χ1v) is 8.06. The third kappa shape index (κ3) is 3.11. The minimum absolute atomic E-state index is 0.637. The largest absolute Gasteiger partial charge is 0.330 e. The molecule has 0 aliphatic carbocycles. The summed E-state index contributed by atoms with van der Waals surface area (Å²) < 4.78 is 1.85. The Morgan fingerprint density at radius 1 is 1.19 bits per heavy atom. The molecule has 3 rings (SSSR count). The molecule has 21 heavy (non-hydrogen) atoms. The van der Waals surface area contributed by atoms with Crippen LogP contribution in [0.3, 0.4) is 0 Å². The van der Waals surface area contributed by atoms with Gasteiger partial charge < -0.3 is 5.73 Å². The Balaban J connectivity index is 1.80. The van der Waals surface area contributed by atoms with Gasteiger partial charge in [0.15, 0.2) is 5.82 Å². The number of rotatable bonds is 6. The predicted molar refractivity (Wildman–Crippen MR) is 85.3 cm³/mol. The monoisotopic (exact) mass is 301 g/mol. The molecule has 0 saturated carbocycles. The van der Waals surface area contributed by atoms with Crippen LogP contribution in [0, 0.1) is 5.92 Å². The molecule has 110 valence electrons. The van der Waals surface area contributed by atoms with Gasteiger partial charge in [0.25, 0.3) is 0 Å². The van der Waals surface area contributed by atoms with Crippen LogP contribution in [-0.4, -0.2) is 26.4 Å². The van der Waals surface area contributed by atoms with Crippen molar-refractivity contribution in [1.29, 1.82) is 0 Å². The van der Waals surface area contributed by atoms with Gasteiger partial charge in [0.2, 0.25) is 4.96 Å². The number of fused-ring (bicyclic) bond motifs is 1. The normalized spacial score (nSPS) is 12.9. The zero-order chi connectivity index (χ0) is 14.7. The number of aromatic nitrogens is 4. The van der Waals surface area contributed by atoms with Crippen molar-refractivity contribution in [2.24, 2.45) is 11.7 Å². The van der Waals surface area contributed by atoms with Gasteiger partial charge in [-0.3, -0.25) is 0 Å². The minimum Gasteiger partial charge on any atom is -0.330 e. The van der Waals surface area contributed by atoms with E-state index < -0.39 is 0 Å². The van der Waals surface area contributed by atoms with E-state index in [1.807, 2.05) is 34.8 Å². The lowest BCUT2D eigenvalue weighted by Crippen LogP contribution is -2.06. The average molecular weight is 301 g/mol. The first-order chi connectivity index (χ1) is 10.3. The summed E-state index contributed by atoms with van der Waals surface area (Å²) in [6.45, 7) is 2.99. The van der Waals surface area contributed by atoms with E-state index in [1.165, 1.54) is 0 Å². The number of hydrogen-bond donors (Lipinski definition) is 1. The van der Waals surface area contributed by atoms with Gasteiger partial charge in [-0.1, -0.05) is 48.6 Å². The summed E-state index contributed by atoms with van der Waals surface area (Å²) in [5, 5.41) is 14.2. The van der Waals surface area contributed by atoms with Crippen LogP contribution in [0.4, 0.5) is 0 Å². The second-order valence-electron chi connectivity index (χ2n) is 5.30. The van der Waals surface area contributed by atoms with Crippen molar-refractivity contribution in [3.8, 4) is 11.4 Å². The molecule has 2 heterocycles. The molecular weight excluding hydrogens is 282 g/mol. The summed E-state index contributed by atoms with van der Waals surface area (Å²) in [7, 11) is 0. The highest BCUT2D eigenvalue weighted by Gasteiger charge is 2.13. The van der Waals surface area contributed by atoms with Gasteiger partial charge >= 0.3 is 0 Å². The maximum atomic E-state index is 5.59. The molecule has 0 bridgehead atoms. The van der Waals surface area contributed by atoms with E-state index >= 15 is 0 Å². The summed E-state index contributed by atoms with van der Waals surface area (Å²) in [5.41, 5.74) is 6.63. The highest BCUT2D eigenvalue weighted by atomic mass is 32.1. The van der Waals surface area contributed by atoms with Crippen molar-refractivity contribution in [3.05, 3.63) is 35.3 Å². The van der Waals surface area contributed by atoms with Crippen molar-refractivity contribution in [3.63, 3.8) is 0 Å². The summed E-state index contributed by atoms with van der Waals surface area (Å²) >= 11 is 1.62. The van der Waals surface area contributed by atoms with Crippen molar-refractivity contribution >= 4 is 16.3 Å². The Hall–Kier alpha value is -1.79. The molecular formula is C15H19N5S. The first-order valence-electron chi connectivity index (χ1n) is 7.24. The van der Waals surface area contributed by atoms with Gasteiger partial charge in [0.1, 0.15) is 5.01 Å². The Kier molecular flexibility index (Phi) is 4.26. The SMILES string of the molecule is CC(CCN)CCc1nn2c(-c3ccccc3)nnc2s1. The molecule has 0 saturated heterocycles. The molecule has 2 aromatic heterocycles. The molecule has 1 unspecified atom stereocenters. The summed E-state index contributed by atoms with van der Waals surface area (Å²) in [6.07, 6.45) is 3.16. The maximum absolute atomic E-state index is 5.59. The zero-order valence-electron chi connectivity index (χ0n) is 12.1. The Morgan fingerprint density at radius 3 is 2.76 bits per heavy atom. The lowest BCUT2D eigenvalue weighted by molar-refractivity contribution is 0.498. The van der Waals surface area contributed by atoms with Crippen LogP contribution in [0.5, 0.6) is 0 Å². The maximum Gasteiger partial charge on any atom is 0.234 e. The molecule has 2 N–H and O–H groups in total. The fourth-order valence-corrected chi connectivity index (χ4v) is 3.17. The van der Waals surface area contributed by atoms with Crippen LogP contribution in [0.2, 0.25) is 0 Å². The van der Waals surface area contributed by atoms with E-state index in [0.717, 1.165) is 47.2 Å². The van der Waals surface area contributed by atoms with Crippen LogP contribution in [-0.2, 0) is 6.42 Å². The molecule has 0 radical (unpaired) electrons. The smallest absolute Gasteiger partial charge is 0.234 e. The Morgan fingerprint density at radius 2 is 2.00 bits per heavy atom. The van der Waals surface area contributed by atoms with Crippen LogP contribution in [0.25, 0.3) is 16.3 Å². The van der Waals surface area contributed by atoms with Crippen LogP contribution in [0.1, 0.15) is 24.8 Å². The summed E-state index contributed by atoms with van der Waals surface area (Å²) in [4.78, 5) is 0.857. The highest BCUT2D eigenvalue weighted by molar-refractivity contribution is 7.16.